The Morgan fingerprint density at radius 2 is 2.21 bits per heavy atom. The summed E-state index contributed by atoms with van der Waals surface area (Å²) in [5.74, 6) is 6.76. The van der Waals surface area contributed by atoms with Gasteiger partial charge in [-0.05, 0) is 43.5 Å². The van der Waals surface area contributed by atoms with Gasteiger partial charge in [-0.25, -0.2) is 0 Å². The zero-order valence-corrected chi connectivity index (χ0v) is 21.8. The number of hydrogen-bond donors (Lipinski definition) is 3. The molecule has 1 atom stereocenters. The summed E-state index contributed by atoms with van der Waals surface area (Å²) >= 11 is 6.37. The van der Waals surface area contributed by atoms with Crippen molar-refractivity contribution in [2.45, 2.75) is 31.7 Å². The zero-order valence-electron chi connectivity index (χ0n) is 21.1. The number of para-hydroxylation sites is 1. The Balaban J connectivity index is 1.60. The molecule has 0 saturated carbocycles. The van der Waals surface area contributed by atoms with Crippen LogP contribution in [-0.2, 0) is 11.2 Å². The van der Waals surface area contributed by atoms with Crippen molar-refractivity contribution >= 4 is 34.8 Å². The molecule has 0 unspecified atom stereocenters. The molecular formula is C29H28ClN5O3. The average Bonchev–Trinajstić information content (AvgIpc) is 3.31. The van der Waals surface area contributed by atoms with Gasteiger partial charge in [-0.3, -0.25) is 14.6 Å². The second-order valence-electron chi connectivity index (χ2n) is 9.12. The number of hydrogen-bond acceptors (Lipinski definition) is 5. The molecule has 1 aromatic carbocycles. The number of aromatic amines is 1. The maximum Gasteiger partial charge on any atom is 0.255 e. The number of nitrogens with zero attached hydrogens (tertiary/aromatic N) is 2. The summed E-state index contributed by atoms with van der Waals surface area (Å²) in [5, 5.41) is 6.78. The van der Waals surface area contributed by atoms with E-state index in [-0.39, 0.29) is 17.9 Å². The smallest absolute Gasteiger partial charge is 0.255 e. The molecule has 8 nitrogen and oxygen atoms in total. The molecule has 0 radical (unpaired) electrons. The SMILES string of the molecule is C=CC(=O)N1CCCC[C@@H]1C#Cc1cnccc1-c1[nH]c2c(c1Nc1cccc(Cl)c1OC)C(=O)NCC2. The fourth-order valence-corrected chi connectivity index (χ4v) is 5.24. The summed E-state index contributed by atoms with van der Waals surface area (Å²) in [6.07, 6.45) is 8.16. The van der Waals surface area contributed by atoms with Crippen LogP contribution >= 0.6 is 11.6 Å². The minimum atomic E-state index is -0.196. The molecule has 4 heterocycles. The van der Waals surface area contributed by atoms with Crippen LogP contribution in [-0.4, -0.2) is 52.9 Å². The first-order chi connectivity index (χ1) is 18.5. The predicted molar refractivity (Wildman–Crippen MR) is 148 cm³/mol. The maximum atomic E-state index is 13.0. The first-order valence-corrected chi connectivity index (χ1v) is 12.9. The number of amides is 2. The van der Waals surface area contributed by atoms with E-state index in [0.717, 1.165) is 30.5 Å². The number of likely N-dealkylation sites (tertiary alicyclic amines) is 1. The van der Waals surface area contributed by atoms with Crippen molar-refractivity contribution in [2.75, 3.05) is 25.5 Å². The fraction of sp³-hybridized carbons (Fsp3) is 0.276. The molecule has 0 spiro atoms. The number of piperidine rings is 1. The quantitative estimate of drug-likeness (QED) is 0.329. The van der Waals surface area contributed by atoms with Crippen molar-refractivity contribution in [1.29, 1.82) is 0 Å². The summed E-state index contributed by atoms with van der Waals surface area (Å²) in [6.45, 7) is 4.84. The Kier molecular flexibility index (Phi) is 7.38. The number of fused-ring (bicyclic) bond motifs is 1. The van der Waals surface area contributed by atoms with Crippen LogP contribution in [0.2, 0.25) is 5.02 Å². The Labute approximate surface area is 226 Å². The Morgan fingerprint density at radius 3 is 3.03 bits per heavy atom. The molecule has 2 aromatic heterocycles. The number of anilines is 2. The Morgan fingerprint density at radius 1 is 1.34 bits per heavy atom. The van der Waals surface area contributed by atoms with E-state index in [4.69, 9.17) is 16.3 Å². The number of rotatable bonds is 5. The summed E-state index contributed by atoms with van der Waals surface area (Å²) in [4.78, 5) is 34.9. The van der Waals surface area contributed by atoms with Gasteiger partial charge < -0.3 is 25.3 Å². The molecule has 5 rings (SSSR count). The number of halogens is 1. The van der Waals surface area contributed by atoms with Crippen molar-refractivity contribution in [3.05, 3.63) is 71.2 Å². The normalized spacial score (nSPS) is 16.5. The third-order valence-electron chi connectivity index (χ3n) is 6.82. The van der Waals surface area contributed by atoms with E-state index in [9.17, 15) is 9.59 Å². The summed E-state index contributed by atoms with van der Waals surface area (Å²) in [6, 6.07) is 7.07. The molecule has 0 aliphatic carbocycles. The number of ether oxygens (including phenoxy) is 1. The van der Waals surface area contributed by atoms with Gasteiger partial charge in [0, 0.05) is 43.2 Å². The van der Waals surface area contributed by atoms with Crippen molar-refractivity contribution in [2.24, 2.45) is 0 Å². The maximum absolute atomic E-state index is 13.0. The van der Waals surface area contributed by atoms with Crippen LogP contribution in [0.4, 0.5) is 11.4 Å². The topological polar surface area (TPSA) is 99.3 Å². The molecule has 2 amide bonds. The van der Waals surface area contributed by atoms with Crippen LogP contribution in [0.25, 0.3) is 11.3 Å². The number of aromatic nitrogens is 2. The molecule has 3 N–H and O–H groups in total. The van der Waals surface area contributed by atoms with Crippen molar-refractivity contribution in [3.63, 3.8) is 0 Å². The lowest BCUT2D eigenvalue weighted by atomic mass is 10.0. The molecule has 1 saturated heterocycles. The van der Waals surface area contributed by atoms with Gasteiger partial charge in [0.15, 0.2) is 5.75 Å². The van der Waals surface area contributed by atoms with E-state index in [0.29, 0.717) is 58.5 Å². The highest BCUT2D eigenvalue weighted by molar-refractivity contribution is 6.32. The van der Waals surface area contributed by atoms with Gasteiger partial charge in [0.25, 0.3) is 5.91 Å². The van der Waals surface area contributed by atoms with Crippen LogP contribution in [0.3, 0.4) is 0 Å². The number of H-pyrrole nitrogens is 1. The largest absolute Gasteiger partial charge is 0.493 e. The van der Waals surface area contributed by atoms with Gasteiger partial charge in [0.1, 0.15) is 0 Å². The minimum Gasteiger partial charge on any atom is -0.493 e. The highest BCUT2D eigenvalue weighted by Crippen LogP contribution is 2.41. The lowest BCUT2D eigenvalue weighted by molar-refractivity contribution is -0.128. The number of benzene rings is 1. The number of nitrogens with one attached hydrogen (secondary N) is 3. The molecular weight excluding hydrogens is 502 g/mol. The lowest BCUT2D eigenvalue weighted by Crippen LogP contribution is -2.42. The number of methoxy groups -OCH3 is 1. The summed E-state index contributed by atoms with van der Waals surface area (Å²) in [7, 11) is 1.55. The van der Waals surface area contributed by atoms with Crippen LogP contribution in [0.1, 0.15) is 40.9 Å². The van der Waals surface area contributed by atoms with E-state index in [1.165, 1.54) is 6.08 Å². The van der Waals surface area contributed by atoms with Crippen molar-refractivity contribution in [1.82, 2.24) is 20.2 Å². The van der Waals surface area contributed by atoms with Gasteiger partial charge in [-0.2, -0.15) is 0 Å². The van der Waals surface area contributed by atoms with E-state index >= 15 is 0 Å². The van der Waals surface area contributed by atoms with Gasteiger partial charge in [-0.15, -0.1) is 0 Å². The lowest BCUT2D eigenvalue weighted by Gasteiger charge is -2.31. The number of carbonyl (C=O) groups excluding carboxylic acids is 2. The van der Waals surface area contributed by atoms with Crippen LogP contribution in [0.15, 0.2) is 49.3 Å². The molecule has 0 bridgehead atoms. The van der Waals surface area contributed by atoms with Gasteiger partial charge in [-0.1, -0.05) is 36.1 Å². The Bertz CT molecular complexity index is 1470. The highest BCUT2D eigenvalue weighted by Gasteiger charge is 2.29. The monoisotopic (exact) mass is 529 g/mol. The first-order valence-electron chi connectivity index (χ1n) is 12.5. The molecule has 2 aliphatic heterocycles. The van der Waals surface area contributed by atoms with E-state index in [1.54, 1.807) is 30.5 Å². The molecule has 9 heteroatoms. The van der Waals surface area contributed by atoms with E-state index in [2.05, 4.69) is 39.0 Å². The zero-order chi connectivity index (χ0) is 26.6. The second-order valence-corrected chi connectivity index (χ2v) is 9.53. The van der Waals surface area contributed by atoms with Crippen LogP contribution in [0.5, 0.6) is 5.75 Å². The standard InChI is InChI=1S/C29H28ClN5O3/c1-3-24(36)35-16-5-4-7-19(35)11-10-18-17-31-14-12-20(18)26-27(25-22(33-26)13-15-32-29(25)37)34-23-9-6-8-21(30)28(23)38-2/h3,6,8-9,12,14,17,19,33-34H,1,4-5,7,13,15-16H2,2H3,(H,32,37)/t19-/m1/s1. The van der Waals surface area contributed by atoms with Gasteiger partial charge >= 0.3 is 0 Å². The number of carbonyl (C=O) groups is 2. The molecule has 3 aromatic rings. The second kappa shape index (κ2) is 11.0. The highest BCUT2D eigenvalue weighted by atomic mass is 35.5. The third-order valence-corrected chi connectivity index (χ3v) is 7.12. The summed E-state index contributed by atoms with van der Waals surface area (Å²) < 4.78 is 5.53. The van der Waals surface area contributed by atoms with E-state index < -0.39 is 0 Å². The van der Waals surface area contributed by atoms with E-state index in [1.807, 2.05) is 18.2 Å². The van der Waals surface area contributed by atoms with Crippen molar-refractivity contribution < 1.29 is 14.3 Å². The predicted octanol–water partition coefficient (Wildman–Crippen LogP) is 4.69. The molecule has 194 valence electrons. The fourth-order valence-electron chi connectivity index (χ4n) is 4.99. The third kappa shape index (κ3) is 4.85. The van der Waals surface area contributed by atoms with Gasteiger partial charge in [0.2, 0.25) is 5.91 Å². The van der Waals surface area contributed by atoms with Gasteiger partial charge in [0.05, 0.1) is 46.4 Å². The van der Waals surface area contributed by atoms with Crippen molar-refractivity contribution in [3.8, 4) is 28.8 Å². The molecule has 38 heavy (non-hydrogen) atoms. The average molecular weight is 530 g/mol. The Hall–Kier alpha value is -4.22. The minimum absolute atomic E-state index is 0.111. The van der Waals surface area contributed by atoms with Crippen LogP contribution < -0.4 is 15.4 Å². The first kappa shape index (κ1) is 25.4. The molecule has 1 fully saturated rings. The number of pyridine rings is 1. The van der Waals surface area contributed by atoms with Crippen LogP contribution in [0, 0.1) is 11.8 Å². The summed E-state index contributed by atoms with van der Waals surface area (Å²) in [5.41, 5.74) is 4.79. The molecule has 2 aliphatic rings.